The molecule has 0 aliphatic rings. The average Bonchev–Trinajstić information content (AvgIpc) is 2.13. The fourth-order valence-electron chi connectivity index (χ4n) is 1.02. The Bertz CT molecular complexity index is 239. The van der Waals surface area contributed by atoms with Gasteiger partial charge in [0.05, 0.1) is 6.04 Å². The van der Waals surface area contributed by atoms with Crippen LogP contribution >= 0.6 is 0 Å². The maximum absolute atomic E-state index is 11.5. The standard InChI is InChI=1S/C10H21N3O2/c1-4-5-6-7(11)8(14)13-10(2,3)9(12)15/h7H,4-6,11H2,1-3H3,(H2,12,15)(H,13,14)/t7-/m0/s1. The third-order valence-electron chi connectivity index (χ3n) is 2.26. The summed E-state index contributed by atoms with van der Waals surface area (Å²) in [5.41, 5.74) is 9.73. The highest BCUT2D eigenvalue weighted by atomic mass is 16.2. The highest BCUT2D eigenvalue weighted by molar-refractivity contribution is 5.91. The Hall–Kier alpha value is -1.10. The van der Waals surface area contributed by atoms with Gasteiger partial charge in [0.1, 0.15) is 5.54 Å². The van der Waals surface area contributed by atoms with Crippen LogP contribution in [0.1, 0.15) is 40.0 Å². The van der Waals surface area contributed by atoms with Crippen LogP contribution in [-0.4, -0.2) is 23.4 Å². The van der Waals surface area contributed by atoms with Gasteiger partial charge in [-0.2, -0.15) is 0 Å². The van der Waals surface area contributed by atoms with Gasteiger partial charge in [-0.05, 0) is 20.3 Å². The molecule has 0 aromatic carbocycles. The first kappa shape index (κ1) is 13.9. The van der Waals surface area contributed by atoms with Crippen molar-refractivity contribution in [1.82, 2.24) is 5.32 Å². The van der Waals surface area contributed by atoms with Crippen molar-refractivity contribution in [2.24, 2.45) is 11.5 Å². The van der Waals surface area contributed by atoms with E-state index in [1.54, 1.807) is 13.8 Å². The topological polar surface area (TPSA) is 98.2 Å². The Morgan fingerprint density at radius 1 is 1.40 bits per heavy atom. The number of carbonyl (C=O) groups excluding carboxylic acids is 2. The summed E-state index contributed by atoms with van der Waals surface area (Å²) in [6.07, 6.45) is 2.50. The monoisotopic (exact) mass is 215 g/mol. The lowest BCUT2D eigenvalue weighted by molar-refractivity contribution is -0.131. The molecule has 5 N–H and O–H groups in total. The number of nitrogens with two attached hydrogens (primary N) is 2. The first-order valence-electron chi connectivity index (χ1n) is 5.18. The fourth-order valence-corrected chi connectivity index (χ4v) is 1.02. The fraction of sp³-hybridized carbons (Fsp3) is 0.800. The molecule has 0 heterocycles. The second-order valence-corrected chi connectivity index (χ2v) is 4.23. The van der Waals surface area contributed by atoms with Crippen LogP contribution < -0.4 is 16.8 Å². The summed E-state index contributed by atoms with van der Waals surface area (Å²) in [6.45, 7) is 5.14. The van der Waals surface area contributed by atoms with E-state index in [0.29, 0.717) is 6.42 Å². The highest BCUT2D eigenvalue weighted by Crippen LogP contribution is 2.03. The average molecular weight is 215 g/mol. The molecule has 0 spiro atoms. The Labute approximate surface area is 90.6 Å². The van der Waals surface area contributed by atoms with E-state index < -0.39 is 17.5 Å². The van der Waals surface area contributed by atoms with Gasteiger partial charge in [-0.25, -0.2) is 0 Å². The molecule has 0 aliphatic heterocycles. The highest BCUT2D eigenvalue weighted by Gasteiger charge is 2.28. The molecule has 0 rings (SSSR count). The summed E-state index contributed by atoms with van der Waals surface area (Å²) in [4.78, 5) is 22.5. The Balaban J connectivity index is 4.18. The number of hydrogen-bond acceptors (Lipinski definition) is 3. The van der Waals surface area contributed by atoms with Gasteiger partial charge in [0, 0.05) is 0 Å². The van der Waals surface area contributed by atoms with E-state index in [0.717, 1.165) is 12.8 Å². The summed E-state index contributed by atoms with van der Waals surface area (Å²) in [6, 6.07) is -0.566. The minimum atomic E-state index is -1.04. The number of carbonyl (C=O) groups is 2. The molecule has 15 heavy (non-hydrogen) atoms. The van der Waals surface area contributed by atoms with Crippen LogP contribution in [0.5, 0.6) is 0 Å². The first-order valence-corrected chi connectivity index (χ1v) is 5.18. The molecule has 0 bridgehead atoms. The van der Waals surface area contributed by atoms with Crippen molar-refractivity contribution < 1.29 is 9.59 Å². The van der Waals surface area contributed by atoms with Crippen LogP contribution in [0.2, 0.25) is 0 Å². The zero-order valence-electron chi connectivity index (χ0n) is 9.67. The minimum absolute atomic E-state index is 0.327. The Morgan fingerprint density at radius 3 is 2.33 bits per heavy atom. The smallest absolute Gasteiger partial charge is 0.242 e. The number of hydrogen-bond donors (Lipinski definition) is 3. The largest absolute Gasteiger partial charge is 0.368 e. The van der Waals surface area contributed by atoms with E-state index >= 15 is 0 Å². The van der Waals surface area contributed by atoms with E-state index in [9.17, 15) is 9.59 Å². The molecule has 0 aliphatic carbocycles. The molecule has 1 atom stereocenters. The van der Waals surface area contributed by atoms with Crippen molar-refractivity contribution in [2.75, 3.05) is 0 Å². The molecule has 5 heteroatoms. The van der Waals surface area contributed by atoms with E-state index in [2.05, 4.69) is 5.32 Å². The van der Waals surface area contributed by atoms with Gasteiger partial charge in [0.25, 0.3) is 0 Å². The van der Waals surface area contributed by atoms with Gasteiger partial charge >= 0.3 is 0 Å². The van der Waals surface area contributed by atoms with Crippen molar-refractivity contribution >= 4 is 11.8 Å². The lowest BCUT2D eigenvalue weighted by Crippen LogP contribution is -2.56. The molecule has 0 aromatic heterocycles. The molecule has 5 nitrogen and oxygen atoms in total. The van der Waals surface area contributed by atoms with Gasteiger partial charge < -0.3 is 16.8 Å². The number of amides is 2. The number of unbranched alkanes of at least 4 members (excludes halogenated alkanes) is 1. The van der Waals surface area contributed by atoms with E-state index in [4.69, 9.17) is 11.5 Å². The third kappa shape index (κ3) is 4.78. The van der Waals surface area contributed by atoms with Crippen LogP contribution in [0.4, 0.5) is 0 Å². The SMILES string of the molecule is CCCC[C@H](N)C(=O)NC(C)(C)C(N)=O. The predicted molar refractivity (Wildman–Crippen MR) is 58.9 cm³/mol. The number of nitrogens with one attached hydrogen (secondary N) is 1. The van der Waals surface area contributed by atoms with Crippen LogP contribution in [0, 0.1) is 0 Å². The molecule has 0 saturated heterocycles. The Morgan fingerprint density at radius 2 is 1.93 bits per heavy atom. The molecular weight excluding hydrogens is 194 g/mol. The molecule has 0 aromatic rings. The maximum atomic E-state index is 11.5. The zero-order valence-corrected chi connectivity index (χ0v) is 9.67. The van der Waals surface area contributed by atoms with E-state index in [1.165, 1.54) is 0 Å². The van der Waals surface area contributed by atoms with Gasteiger partial charge in [0.15, 0.2) is 0 Å². The summed E-state index contributed by atoms with van der Waals surface area (Å²) >= 11 is 0. The Kier molecular flexibility index (Phi) is 5.28. The van der Waals surface area contributed by atoms with Crippen molar-refractivity contribution in [2.45, 2.75) is 51.6 Å². The second-order valence-electron chi connectivity index (χ2n) is 4.23. The quantitative estimate of drug-likeness (QED) is 0.576. The van der Waals surface area contributed by atoms with Crippen LogP contribution in [-0.2, 0) is 9.59 Å². The lowest BCUT2D eigenvalue weighted by atomic mass is 10.0. The van der Waals surface area contributed by atoms with Gasteiger partial charge in [0.2, 0.25) is 11.8 Å². The van der Waals surface area contributed by atoms with E-state index in [-0.39, 0.29) is 5.91 Å². The molecule has 88 valence electrons. The molecule has 0 radical (unpaired) electrons. The normalized spacial score (nSPS) is 13.3. The molecular formula is C10H21N3O2. The summed E-state index contributed by atoms with van der Waals surface area (Å²) in [7, 11) is 0. The van der Waals surface area contributed by atoms with Gasteiger partial charge in [-0.15, -0.1) is 0 Å². The summed E-state index contributed by atoms with van der Waals surface area (Å²) in [5, 5.41) is 2.53. The van der Waals surface area contributed by atoms with Gasteiger partial charge in [-0.3, -0.25) is 9.59 Å². The van der Waals surface area contributed by atoms with Crippen LogP contribution in [0.15, 0.2) is 0 Å². The van der Waals surface area contributed by atoms with Crippen LogP contribution in [0.25, 0.3) is 0 Å². The lowest BCUT2D eigenvalue weighted by Gasteiger charge is -2.24. The molecule has 0 saturated carbocycles. The molecule has 0 unspecified atom stereocenters. The third-order valence-corrected chi connectivity index (χ3v) is 2.26. The van der Waals surface area contributed by atoms with Crippen molar-refractivity contribution in [3.63, 3.8) is 0 Å². The zero-order chi connectivity index (χ0) is 12.1. The number of primary amides is 1. The van der Waals surface area contributed by atoms with Crippen molar-refractivity contribution in [3.05, 3.63) is 0 Å². The van der Waals surface area contributed by atoms with Crippen molar-refractivity contribution in [1.29, 1.82) is 0 Å². The minimum Gasteiger partial charge on any atom is -0.368 e. The second kappa shape index (κ2) is 5.70. The summed E-state index contributed by atoms with van der Waals surface area (Å²) < 4.78 is 0. The molecule has 0 fully saturated rings. The summed E-state index contributed by atoms with van der Waals surface area (Å²) in [5.74, 6) is -0.897. The van der Waals surface area contributed by atoms with Gasteiger partial charge in [-0.1, -0.05) is 19.8 Å². The molecule has 2 amide bonds. The van der Waals surface area contributed by atoms with Crippen LogP contribution in [0.3, 0.4) is 0 Å². The number of rotatable bonds is 6. The van der Waals surface area contributed by atoms with E-state index in [1.807, 2.05) is 6.92 Å². The first-order chi connectivity index (χ1) is 6.81. The van der Waals surface area contributed by atoms with Crippen molar-refractivity contribution in [3.8, 4) is 0 Å². The predicted octanol–water partition coefficient (Wildman–Crippen LogP) is -0.116. The maximum Gasteiger partial charge on any atom is 0.242 e.